The Morgan fingerprint density at radius 2 is 1.94 bits per heavy atom. The number of aromatic nitrogens is 2. The number of para-hydroxylation sites is 1. The molecule has 1 atom stereocenters. The Labute approximate surface area is 200 Å². The van der Waals surface area contributed by atoms with Gasteiger partial charge >= 0.3 is 0 Å². The number of carbonyl (C=O) groups excluding carboxylic acids is 1. The fourth-order valence-corrected chi connectivity index (χ4v) is 4.81. The Hall–Kier alpha value is -2.66. The second-order valence-corrected chi connectivity index (χ2v) is 9.33. The fraction of sp³-hybridized carbons (Fsp3) is 0.444. The predicted molar refractivity (Wildman–Crippen MR) is 134 cm³/mol. The molecular formula is C27H32ClN3O2. The molecule has 1 fully saturated rings. The maximum Gasteiger partial charge on any atom is 0.266 e. The molecule has 1 aliphatic carbocycles. The summed E-state index contributed by atoms with van der Waals surface area (Å²) in [4.78, 5) is 34.2. The van der Waals surface area contributed by atoms with Crippen LogP contribution < -0.4 is 5.56 Å². The highest BCUT2D eigenvalue weighted by atomic mass is 35.5. The highest BCUT2D eigenvalue weighted by molar-refractivity contribution is 6.30. The number of rotatable bonds is 9. The quantitative estimate of drug-likeness (QED) is 0.348. The molecule has 0 spiro atoms. The van der Waals surface area contributed by atoms with E-state index in [0.29, 0.717) is 40.4 Å². The summed E-state index contributed by atoms with van der Waals surface area (Å²) in [5.74, 6) is 0.893. The van der Waals surface area contributed by atoms with Gasteiger partial charge in [-0.2, -0.15) is 0 Å². The number of carbonyl (C=O) groups is 1. The van der Waals surface area contributed by atoms with Crippen LogP contribution in [0.3, 0.4) is 0 Å². The van der Waals surface area contributed by atoms with Gasteiger partial charge < -0.3 is 4.90 Å². The van der Waals surface area contributed by atoms with Crippen LogP contribution in [0.1, 0.15) is 70.7 Å². The van der Waals surface area contributed by atoms with Crippen molar-refractivity contribution in [3.63, 3.8) is 0 Å². The van der Waals surface area contributed by atoms with E-state index in [0.717, 1.165) is 38.5 Å². The molecule has 5 nitrogen and oxygen atoms in total. The molecule has 0 saturated heterocycles. The van der Waals surface area contributed by atoms with E-state index >= 15 is 0 Å². The van der Waals surface area contributed by atoms with Crippen molar-refractivity contribution < 1.29 is 4.79 Å². The zero-order valence-electron chi connectivity index (χ0n) is 19.5. The predicted octanol–water partition coefficient (Wildman–Crippen LogP) is 6.31. The van der Waals surface area contributed by atoms with E-state index in [2.05, 4.69) is 13.8 Å². The fourth-order valence-electron chi connectivity index (χ4n) is 4.62. The minimum atomic E-state index is -0.286. The van der Waals surface area contributed by atoms with E-state index in [1.165, 1.54) is 0 Å². The van der Waals surface area contributed by atoms with Gasteiger partial charge in [-0.25, -0.2) is 4.98 Å². The lowest BCUT2D eigenvalue weighted by molar-refractivity contribution is -0.141. The minimum absolute atomic E-state index is 0.0903. The molecule has 0 bridgehead atoms. The maximum atomic E-state index is 13.7. The normalized spacial score (nSPS) is 14.8. The van der Waals surface area contributed by atoms with Crippen molar-refractivity contribution in [2.45, 2.75) is 64.8 Å². The molecule has 6 heteroatoms. The first-order valence-corrected chi connectivity index (χ1v) is 12.5. The van der Waals surface area contributed by atoms with Crippen LogP contribution in [0.4, 0.5) is 0 Å². The van der Waals surface area contributed by atoms with Crippen molar-refractivity contribution in [2.24, 2.45) is 5.92 Å². The summed E-state index contributed by atoms with van der Waals surface area (Å²) in [6.45, 7) is 4.91. The van der Waals surface area contributed by atoms with Gasteiger partial charge in [-0.05, 0) is 56.0 Å². The summed E-state index contributed by atoms with van der Waals surface area (Å²) in [6, 6.07) is 14.4. The highest BCUT2D eigenvalue weighted by Crippen LogP contribution is 2.34. The van der Waals surface area contributed by atoms with Gasteiger partial charge in [0.05, 0.1) is 22.6 Å². The van der Waals surface area contributed by atoms with E-state index in [9.17, 15) is 9.59 Å². The molecule has 1 aliphatic rings. The molecule has 3 aromatic rings. The van der Waals surface area contributed by atoms with Gasteiger partial charge in [0.15, 0.2) is 0 Å². The minimum Gasteiger partial charge on any atom is -0.332 e. The van der Waals surface area contributed by atoms with Crippen LogP contribution in [0.25, 0.3) is 16.6 Å². The number of benzene rings is 2. The van der Waals surface area contributed by atoms with Gasteiger partial charge in [-0.3, -0.25) is 14.2 Å². The molecule has 2 aromatic carbocycles. The van der Waals surface area contributed by atoms with Crippen molar-refractivity contribution in [1.29, 1.82) is 0 Å². The Balaban J connectivity index is 1.89. The van der Waals surface area contributed by atoms with Gasteiger partial charge in [-0.15, -0.1) is 0 Å². The van der Waals surface area contributed by atoms with Crippen molar-refractivity contribution in [2.75, 3.05) is 6.54 Å². The van der Waals surface area contributed by atoms with Crippen molar-refractivity contribution >= 4 is 28.4 Å². The lowest BCUT2D eigenvalue weighted by atomic mass is 9.84. The lowest BCUT2D eigenvalue weighted by Gasteiger charge is -2.37. The molecule has 4 rings (SSSR count). The molecule has 1 amide bonds. The summed E-state index contributed by atoms with van der Waals surface area (Å²) in [6.07, 6.45) is 6.78. The van der Waals surface area contributed by atoms with Crippen molar-refractivity contribution in [3.05, 3.63) is 69.7 Å². The van der Waals surface area contributed by atoms with E-state index in [1.54, 1.807) is 22.8 Å². The van der Waals surface area contributed by atoms with Gasteiger partial charge in [0, 0.05) is 17.5 Å². The Morgan fingerprint density at radius 1 is 1.15 bits per heavy atom. The largest absolute Gasteiger partial charge is 0.332 e. The standard InChI is InChI=1S/C27H32ClN3O2/c1-3-5-8-17-30(26(32)19-11-9-12-19)24(4-2)25-29-23-16-7-6-15-22(23)27(33)31(25)21-14-10-13-20(28)18-21/h6-7,10,13-16,18-19,24H,3-5,8-9,11-12,17H2,1-2H3. The van der Waals surface area contributed by atoms with Crippen LogP contribution >= 0.6 is 11.6 Å². The van der Waals surface area contributed by atoms with E-state index in [4.69, 9.17) is 16.6 Å². The third-order valence-electron chi connectivity index (χ3n) is 6.67. The van der Waals surface area contributed by atoms with Crippen LogP contribution in [-0.2, 0) is 4.79 Å². The highest BCUT2D eigenvalue weighted by Gasteiger charge is 2.35. The third kappa shape index (κ3) is 4.84. The maximum absolute atomic E-state index is 13.7. The molecule has 1 aromatic heterocycles. The van der Waals surface area contributed by atoms with E-state index < -0.39 is 0 Å². The van der Waals surface area contributed by atoms with Crippen LogP contribution in [0, 0.1) is 5.92 Å². The number of hydrogen-bond donors (Lipinski definition) is 0. The average molecular weight is 466 g/mol. The topological polar surface area (TPSA) is 55.2 Å². The number of unbranched alkanes of at least 4 members (excludes halogenated alkanes) is 2. The molecule has 1 heterocycles. The van der Waals surface area contributed by atoms with Gasteiger partial charge in [0.2, 0.25) is 5.91 Å². The first-order valence-electron chi connectivity index (χ1n) is 12.1. The smallest absolute Gasteiger partial charge is 0.266 e. The molecule has 0 N–H and O–H groups in total. The first-order chi connectivity index (χ1) is 16.0. The summed E-state index contributed by atoms with van der Waals surface area (Å²) < 4.78 is 1.66. The van der Waals surface area contributed by atoms with Crippen molar-refractivity contribution in [3.8, 4) is 5.69 Å². The summed E-state index contributed by atoms with van der Waals surface area (Å²) in [5, 5.41) is 1.11. The van der Waals surface area contributed by atoms with Crippen LogP contribution in [0.15, 0.2) is 53.3 Å². The lowest BCUT2D eigenvalue weighted by Crippen LogP contribution is -2.43. The molecule has 1 saturated carbocycles. The molecular weight excluding hydrogens is 434 g/mol. The second-order valence-electron chi connectivity index (χ2n) is 8.90. The second kappa shape index (κ2) is 10.5. The van der Waals surface area contributed by atoms with Gasteiger partial charge in [-0.1, -0.05) is 62.9 Å². The summed E-state index contributed by atoms with van der Waals surface area (Å²) in [7, 11) is 0. The van der Waals surface area contributed by atoms with Gasteiger partial charge in [0.25, 0.3) is 5.56 Å². The summed E-state index contributed by atoms with van der Waals surface area (Å²) in [5.41, 5.74) is 1.18. The monoisotopic (exact) mass is 465 g/mol. The summed E-state index contributed by atoms with van der Waals surface area (Å²) >= 11 is 6.30. The zero-order valence-corrected chi connectivity index (χ0v) is 20.2. The van der Waals surface area contributed by atoms with E-state index in [1.807, 2.05) is 35.2 Å². The Bertz CT molecular complexity index is 1190. The molecule has 33 heavy (non-hydrogen) atoms. The molecule has 0 radical (unpaired) electrons. The van der Waals surface area contributed by atoms with Crippen LogP contribution in [0.5, 0.6) is 0 Å². The molecule has 1 unspecified atom stereocenters. The number of amides is 1. The first kappa shape index (κ1) is 23.5. The SMILES string of the molecule is CCCCCN(C(=O)C1CCC1)C(CC)c1nc2ccccc2c(=O)n1-c1cccc(Cl)c1. The molecule has 0 aliphatic heterocycles. The third-order valence-corrected chi connectivity index (χ3v) is 6.90. The number of hydrogen-bond acceptors (Lipinski definition) is 3. The number of fused-ring (bicyclic) bond motifs is 1. The number of halogens is 1. The zero-order chi connectivity index (χ0) is 23.4. The van der Waals surface area contributed by atoms with Crippen LogP contribution in [0.2, 0.25) is 5.02 Å². The van der Waals surface area contributed by atoms with Crippen LogP contribution in [-0.4, -0.2) is 26.9 Å². The number of nitrogens with zero attached hydrogens (tertiary/aromatic N) is 3. The van der Waals surface area contributed by atoms with E-state index in [-0.39, 0.29) is 23.4 Å². The molecule has 174 valence electrons. The Kier molecular flexibility index (Phi) is 7.49. The average Bonchev–Trinajstić information content (AvgIpc) is 2.77. The van der Waals surface area contributed by atoms with Gasteiger partial charge in [0.1, 0.15) is 5.82 Å². The Morgan fingerprint density at radius 3 is 2.61 bits per heavy atom. The van der Waals surface area contributed by atoms with Crippen molar-refractivity contribution in [1.82, 2.24) is 14.5 Å².